The molecule has 0 radical (unpaired) electrons. The van der Waals surface area contributed by atoms with E-state index in [9.17, 15) is 14.4 Å². The van der Waals surface area contributed by atoms with Crippen molar-refractivity contribution in [3.05, 3.63) is 65.7 Å². The Kier molecular flexibility index (Phi) is 7.03. The number of anilines is 1. The number of aryl methyl sites for hydroxylation is 1. The average Bonchev–Trinajstić information content (AvgIpc) is 3.14. The quantitative estimate of drug-likeness (QED) is 0.692. The number of carbonyl (C=O) groups excluding carboxylic acids is 3. The Labute approximate surface area is 201 Å². The smallest absolute Gasteiger partial charge is 0.238 e. The summed E-state index contributed by atoms with van der Waals surface area (Å²) in [4.78, 5) is 41.7. The number of nitrogens with one attached hydrogen (secondary N) is 2. The monoisotopic (exact) mass is 462 g/mol. The molecule has 180 valence electrons. The first-order chi connectivity index (χ1) is 16.3. The number of hydrogen-bond acceptors (Lipinski definition) is 4. The molecule has 7 heteroatoms. The molecule has 0 saturated carbocycles. The second-order valence-electron chi connectivity index (χ2n) is 9.53. The van der Waals surface area contributed by atoms with Gasteiger partial charge in [0.25, 0.3) is 0 Å². The summed E-state index contributed by atoms with van der Waals surface area (Å²) in [5, 5.41) is 6.20. The summed E-state index contributed by atoms with van der Waals surface area (Å²) in [6.07, 6.45) is 1.64. The maximum atomic E-state index is 12.8. The van der Waals surface area contributed by atoms with E-state index in [-0.39, 0.29) is 36.2 Å². The number of hydrogen-bond donors (Lipinski definition) is 2. The molecule has 0 aliphatic carbocycles. The summed E-state index contributed by atoms with van der Waals surface area (Å²) in [5.74, 6) is -0.182. The van der Waals surface area contributed by atoms with Crippen LogP contribution in [0.5, 0.6) is 0 Å². The highest BCUT2D eigenvalue weighted by molar-refractivity contribution is 5.92. The van der Waals surface area contributed by atoms with Gasteiger partial charge in [-0.05, 0) is 36.1 Å². The molecule has 0 unspecified atom stereocenters. The zero-order chi connectivity index (χ0) is 24.3. The third-order valence-electron chi connectivity index (χ3n) is 7.19. The Bertz CT molecular complexity index is 1040. The molecule has 0 aromatic heterocycles. The molecule has 2 heterocycles. The summed E-state index contributed by atoms with van der Waals surface area (Å²) in [6, 6.07) is 17.7. The molecule has 0 spiro atoms. The highest BCUT2D eigenvalue weighted by atomic mass is 16.2. The number of carbonyl (C=O) groups is 3. The fourth-order valence-corrected chi connectivity index (χ4v) is 5.59. The van der Waals surface area contributed by atoms with E-state index < -0.39 is 5.54 Å². The van der Waals surface area contributed by atoms with Crippen molar-refractivity contribution in [1.29, 1.82) is 0 Å². The molecule has 2 saturated heterocycles. The molecule has 7 nitrogen and oxygen atoms in total. The molecular formula is C27H34N4O3. The predicted octanol–water partition coefficient (Wildman–Crippen LogP) is 2.99. The van der Waals surface area contributed by atoms with Gasteiger partial charge in [0.05, 0.1) is 18.1 Å². The van der Waals surface area contributed by atoms with E-state index in [0.717, 1.165) is 17.7 Å². The van der Waals surface area contributed by atoms with Gasteiger partial charge in [-0.2, -0.15) is 0 Å². The lowest BCUT2D eigenvalue weighted by molar-refractivity contribution is -0.130. The number of fused-ring (bicyclic) bond motifs is 1. The van der Waals surface area contributed by atoms with Gasteiger partial charge < -0.3 is 15.5 Å². The van der Waals surface area contributed by atoms with E-state index in [4.69, 9.17) is 0 Å². The SMILES string of the molecule is CCc1ccc(NC(=O)CN2CC[C@@]3(NC(C)=O)CN(C(C)=O)[C@H](c4ccccc4)[C@H]3C2)cc1. The second kappa shape index (κ2) is 9.97. The van der Waals surface area contributed by atoms with Crippen molar-refractivity contribution in [3.63, 3.8) is 0 Å². The molecule has 4 rings (SSSR count). The zero-order valence-electron chi connectivity index (χ0n) is 20.2. The highest BCUT2D eigenvalue weighted by Gasteiger charge is 2.56. The fourth-order valence-electron chi connectivity index (χ4n) is 5.59. The van der Waals surface area contributed by atoms with Crippen LogP contribution in [0.4, 0.5) is 5.69 Å². The number of likely N-dealkylation sites (tertiary alicyclic amines) is 2. The van der Waals surface area contributed by atoms with E-state index in [1.165, 1.54) is 12.5 Å². The maximum Gasteiger partial charge on any atom is 0.238 e. The first-order valence-corrected chi connectivity index (χ1v) is 12.0. The third-order valence-corrected chi connectivity index (χ3v) is 7.19. The van der Waals surface area contributed by atoms with E-state index in [2.05, 4.69) is 22.5 Å². The van der Waals surface area contributed by atoms with Crippen LogP contribution in [-0.2, 0) is 20.8 Å². The first kappa shape index (κ1) is 24.0. The Hall–Kier alpha value is -3.19. The minimum absolute atomic E-state index is 0.00667. The lowest BCUT2D eigenvalue weighted by Crippen LogP contribution is -2.61. The van der Waals surface area contributed by atoms with Crippen LogP contribution in [0.2, 0.25) is 0 Å². The number of nitrogens with zero attached hydrogens (tertiary/aromatic N) is 2. The van der Waals surface area contributed by atoms with Gasteiger partial charge in [-0.25, -0.2) is 0 Å². The van der Waals surface area contributed by atoms with Crippen molar-refractivity contribution in [3.8, 4) is 0 Å². The topological polar surface area (TPSA) is 81.8 Å². The van der Waals surface area contributed by atoms with Crippen molar-refractivity contribution in [2.45, 2.75) is 45.2 Å². The Balaban J connectivity index is 1.54. The van der Waals surface area contributed by atoms with Crippen molar-refractivity contribution in [2.24, 2.45) is 5.92 Å². The van der Waals surface area contributed by atoms with Gasteiger partial charge in [-0.3, -0.25) is 19.3 Å². The summed E-state index contributed by atoms with van der Waals surface area (Å²) >= 11 is 0. The predicted molar refractivity (Wildman–Crippen MR) is 132 cm³/mol. The maximum absolute atomic E-state index is 12.8. The number of rotatable bonds is 6. The Morgan fingerprint density at radius 1 is 1.03 bits per heavy atom. The van der Waals surface area contributed by atoms with Crippen molar-refractivity contribution in [1.82, 2.24) is 15.1 Å². The number of amides is 3. The first-order valence-electron chi connectivity index (χ1n) is 12.0. The van der Waals surface area contributed by atoms with E-state index in [0.29, 0.717) is 26.1 Å². The molecule has 0 bridgehead atoms. The third kappa shape index (κ3) is 4.99. The Morgan fingerprint density at radius 2 is 1.74 bits per heavy atom. The van der Waals surface area contributed by atoms with Crippen LogP contribution in [0.3, 0.4) is 0 Å². The van der Waals surface area contributed by atoms with Gasteiger partial charge in [0, 0.05) is 45.1 Å². The van der Waals surface area contributed by atoms with Crippen molar-refractivity contribution in [2.75, 3.05) is 31.5 Å². The van der Waals surface area contributed by atoms with E-state index >= 15 is 0 Å². The van der Waals surface area contributed by atoms with Gasteiger partial charge in [-0.15, -0.1) is 0 Å². The molecule has 2 aliphatic heterocycles. The largest absolute Gasteiger partial charge is 0.349 e. The fraction of sp³-hybridized carbons (Fsp3) is 0.444. The molecule has 2 N–H and O–H groups in total. The van der Waals surface area contributed by atoms with E-state index in [1.807, 2.05) is 59.5 Å². The molecule has 2 aliphatic rings. The standard InChI is InChI=1S/C27H34N4O3/c1-4-21-10-12-23(13-11-21)28-25(34)17-30-15-14-27(29-19(2)32)18-31(20(3)33)26(24(27)16-30)22-8-6-5-7-9-22/h5-13,24,26H,4,14-18H2,1-3H3,(H,28,34)(H,29,32)/t24-,26-,27-/m1/s1. The summed E-state index contributed by atoms with van der Waals surface area (Å²) < 4.78 is 0. The van der Waals surface area contributed by atoms with Crippen LogP contribution in [0.25, 0.3) is 0 Å². The van der Waals surface area contributed by atoms with Crippen LogP contribution in [0.15, 0.2) is 54.6 Å². The minimum atomic E-state index is -0.499. The Morgan fingerprint density at radius 3 is 2.35 bits per heavy atom. The highest BCUT2D eigenvalue weighted by Crippen LogP contribution is 2.47. The van der Waals surface area contributed by atoms with Crippen LogP contribution < -0.4 is 10.6 Å². The molecular weight excluding hydrogens is 428 g/mol. The van der Waals surface area contributed by atoms with Crippen LogP contribution in [-0.4, -0.2) is 59.2 Å². The lowest BCUT2D eigenvalue weighted by atomic mass is 9.75. The molecule has 3 amide bonds. The normalized spacial score (nSPS) is 24.4. The summed E-state index contributed by atoms with van der Waals surface area (Å²) in [6.45, 7) is 7.26. The van der Waals surface area contributed by atoms with Gasteiger partial charge in [0.2, 0.25) is 17.7 Å². The lowest BCUT2D eigenvalue weighted by Gasteiger charge is -2.44. The van der Waals surface area contributed by atoms with Gasteiger partial charge in [0.15, 0.2) is 0 Å². The van der Waals surface area contributed by atoms with Crippen LogP contribution >= 0.6 is 0 Å². The van der Waals surface area contributed by atoms with Gasteiger partial charge >= 0.3 is 0 Å². The van der Waals surface area contributed by atoms with Crippen LogP contribution in [0, 0.1) is 5.92 Å². The summed E-state index contributed by atoms with van der Waals surface area (Å²) in [5.41, 5.74) is 2.57. The summed E-state index contributed by atoms with van der Waals surface area (Å²) in [7, 11) is 0. The van der Waals surface area contributed by atoms with Crippen molar-refractivity contribution >= 4 is 23.4 Å². The molecule has 34 heavy (non-hydrogen) atoms. The van der Waals surface area contributed by atoms with Crippen molar-refractivity contribution < 1.29 is 14.4 Å². The molecule has 2 aromatic carbocycles. The van der Waals surface area contributed by atoms with Gasteiger partial charge in [0.1, 0.15) is 0 Å². The van der Waals surface area contributed by atoms with Crippen LogP contribution in [0.1, 0.15) is 44.4 Å². The average molecular weight is 463 g/mol. The molecule has 2 aromatic rings. The molecule has 2 fully saturated rings. The zero-order valence-corrected chi connectivity index (χ0v) is 20.2. The molecule has 3 atom stereocenters. The number of piperidine rings is 1. The van der Waals surface area contributed by atoms with E-state index in [1.54, 1.807) is 6.92 Å². The number of benzene rings is 2. The van der Waals surface area contributed by atoms with Gasteiger partial charge in [-0.1, -0.05) is 49.4 Å². The minimum Gasteiger partial charge on any atom is -0.349 e. The second-order valence-corrected chi connectivity index (χ2v) is 9.53.